The summed E-state index contributed by atoms with van der Waals surface area (Å²) >= 11 is 0. The summed E-state index contributed by atoms with van der Waals surface area (Å²) in [5.41, 5.74) is 5.89. The van der Waals surface area contributed by atoms with Gasteiger partial charge in [0.05, 0.1) is 0 Å². The Balaban J connectivity index is 2.46. The molecule has 0 aromatic heterocycles. The van der Waals surface area contributed by atoms with Crippen molar-refractivity contribution in [1.29, 1.82) is 0 Å². The predicted octanol–water partition coefficient (Wildman–Crippen LogP) is 0.840. The van der Waals surface area contributed by atoms with E-state index in [1.54, 1.807) is 0 Å². The highest BCUT2D eigenvalue weighted by atomic mass is 15.2. The van der Waals surface area contributed by atoms with Gasteiger partial charge in [-0.05, 0) is 12.8 Å². The number of nitrogens with zero attached hydrogens (tertiary/aromatic N) is 1. The summed E-state index contributed by atoms with van der Waals surface area (Å²) in [6, 6.07) is 0.836. The van der Waals surface area contributed by atoms with E-state index < -0.39 is 0 Å². The molecule has 1 saturated heterocycles. The molecule has 0 amide bonds. The van der Waals surface area contributed by atoms with Gasteiger partial charge in [-0.1, -0.05) is 13.0 Å². The van der Waals surface area contributed by atoms with Crippen LogP contribution in [0.4, 0.5) is 0 Å². The highest BCUT2D eigenvalue weighted by Gasteiger charge is 2.28. The van der Waals surface area contributed by atoms with E-state index in [1.165, 1.54) is 0 Å². The van der Waals surface area contributed by atoms with Crippen molar-refractivity contribution in [1.82, 2.24) is 4.90 Å². The molecule has 0 spiro atoms. The Labute approximate surface area is 69.1 Å². The first-order chi connectivity index (χ1) is 5.15. The molecule has 0 radical (unpaired) electrons. The molecule has 1 aliphatic rings. The van der Waals surface area contributed by atoms with Crippen LogP contribution in [0.25, 0.3) is 0 Å². The summed E-state index contributed by atoms with van der Waals surface area (Å²) in [7, 11) is 0. The van der Waals surface area contributed by atoms with E-state index in [4.69, 9.17) is 5.73 Å². The largest absolute Gasteiger partial charge is 0.326 e. The van der Waals surface area contributed by atoms with Gasteiger partial charge in [-0.3, -0.25) is 4.90 Å². The van der Waals surface area contributed by atoms with Gasteiger partial charge >= 0.3 is 0 Å². The topological polar surface area (TPSA) is 29.3 Å². The van der Waals surface area contributed by atoms with Crippen molar-refractivity contribution in [2.45, 2.75) is 25.9 Å². The minimum absolute atomic E-state index is 0.359. The lowest BCUT2D eigenvalue weighted by Gasteiger charge is -2.20. The summed E-state index contributed by atoms with van der Waals surface area (Å²) in [5, 5.41) is 0. The average Bonchev–Trinajstić information content (AvgIpc) is 2.31. The standard InChI is InChI=1S/C9H18N2/c1-4-8(3)11-5-7(2)9(10)6-11/h4,7-9H,1,5-6,10H2,2-3H3. The number of nitrogens with two attached hydrogens (primary N) is 1. The van der Waals surface area contributed by atoms with Crippen molar-refractivity contribution in [2.24, 2.45) is 11.7 Å². The zero-order chi connectivity index (χ0) is 8.43. The quantitative estimate of drug-likeness (QED) is 0.597. The minimum atomic E-state index is 0.359. The van der Waals surface area contributed by atoms with Gasteiger partial charge in [-0.15, -0.1) is 6.58 Å². The molecule has 11 heavy (non-hydrogen) atoms. The third kappa shape index (κ3) is 1.82. The SMILES string of the molecule is C=CC(C)N1CC(C)C(N)C1. The molecule has 2 N–H and O–H groups in total. The maximum absolute atomic E-state index is 5.89. The van der Waals surface area contributed by atoms with Gasteiger partial charge in [0.15, 0.2) is 0 Å². The normalized spacial score (nSPS) is 35.5. The van der Waals surface area contributed by atoms with Crippen LogP contribution in [-0.4, -0.2) is 30.1 Å². The van der Waals surface area contributed by atoms with Crippen LogP contribution in [0.5, 0.6) is 0 Å². The number of hydrogen-bond acceptors (Lipinski definition) is 2. The highest BCUT2D eigenvalue weighted by molar-refractivity contribution is 4.92. The maximum Gasteiger partial charge on any atom is 0.0248 e. The maximum atomic E-state index is 5.89. The Hall–Kier alpha value is -0.340. The number of likely N-dealkylation sites (tertiary alicyclic amines) is 1. The molecule has 0 bridgehead atoms. The molecule has 3 atom stereocenters. The minimum Gasteiger partial charge on any atom is -0.326 e. The van der Waals surface area contributed by atoms with E-state index in [2.05, 4.69) is 25.3 Å². The fraction of sp³-hybridized carbons (Fsp3) is 0.778. The Bertz CT molecular complexity index is 134. The van der Waals surface area contributed by atoms with Crippen molar-refractivity contribution in [3.05, 3.63) is 12.7 Å². The Morgan fingerprint density at radius 2 is 2.27 bits per heavy atom. The fourth-order valence-corrected chi connectivity index (χ4v) is 1.51. The van der Waals surface area contributed by atoms with Crippen molar-refractivity contribution in [3.8, 4) is 0 Å². The van der Waals surface area contributed by atoms with Crippen LogP contribution < -0.4 is 5.73 Å². The molecule has 1 rings (SSSR count). The van der Waals surface area contributed by atoms with Crippen LogP contribution in [0, 0.1) is 5.92 Å². The average molecular weight is 154 g/mol. The van der Waals surface area contributed by atoms with Crippen molar-refractivity contribution in [2.75, 3.05) is 13.1 Å². The molecule has 2 nitrogen and oxygen atoms in total. The van der Waals surface area contributed by atoms with Gasteiger partial charge in [0.1, 0.15) is 0 Å². The second kappa shape index (κ2) is 3.37. The molecule has 1 aliphatic heterocycles. The molecular formula is C9H18N2. The van der Waals surface area contributed by atoms with Gasteiger partial charge in [-0.2, -0.15) is 0 Å². The molecule has 0 saturated carbocycles. The second-order valence-corrected chi connectivity index (χ2v) is 3.57. The highest BCUT2D eigenvalue weighted by Crippen LogP contribution is 2.16. The molecule has 0 aromatic rings. The number of rotatable bonds is 2. The number of hydrogen-bond donors (Lipinski definition) is 1. The molecule has 0 aliphatic carbocycles. The zero-order valence-electron chi connectivity index (χ0n) is 7.46. The molecule has 2 heteroatoms. The van der Waals surface area contributed by atoms with Crippen molar-refractivity contribution < 1.29 is 0 Å². The van der Waals surface area contributed by atoms with Crippen LogP contribution in [0.2, 0.25) is 0 Å². The van der Waals surface area contributed by atoms with E-state index >= 15 is 0 Å². The van der Waals surface area contributed by atoms with Gasteiger partial charge < -0.3 is 5.73 Å². The fourth-order valence-electron chi connectivity index (χ4n) is 1.51. The Morgan fingerprint density at radius 3 is 2.64 bits per heavy atom. The van der Waals surface area contributed by atoms with Crippen LogP contribution in [-0.2, 0) is 0 Å². The van der Waals surface area contributed by atoms with E-state index in [0.717, 1.165) is 13.1 Å². The van der Waals surface area contributed by atoms with E-state index in [1.807, 2.05) is 6.08 Å². The summed E-state index contributed by atoms with van der Waals surface area (Å²) in [5.74, 6) is 0.636. The van der Waals surface area contributed by atoms with Gasteiger partial charge in [0, 0.05) is 25.2 Å². The molecule has 0 aromatic carbocycles. The lowest BCUT2D eigenvalue weighted by molar-refractivity contribution is 0.289. The monoisotopic (exact) mass is 154 g/mol. The molecule has 1 fully saturated rings. The molecule has 1 heterocycles. The van der Waals surface area contributed by atoms with Crippen molar-refractivity contribution >= 4 is 0 Å². The first kappa shape index (κ1) is 8.75. The lowest BCUT2D eigenvalue weighted by Crippen LogP contribution is -2.32. The summed E-state index contributed by atoms with van der Waals surface area (Å²) in [6.07, 6.45) is 1.98. The first-order valence-electron chi connectivity index (χ1n) is 4.27. The first-order valence-corrected chi connectivity index (χ1v) is 4.27. The van der Waals surface area contributed by atoms with E-state index in [9.17, 15) is 0 Å². The Kier molecular flexibility index (Phi) is 2.68. The summed E-state index contributed by atoms with van der Waals surface area (Å²) in [4.78, 5) is 2.38. The summed E-state index contributed by atoms with van der Waals surface area (Å²) in [6.45, 7) is 10.3. The van der Waals surface area contributed by atoms with Gasteiger partial charge in [-0.25, -0.2) is 0 Å². The molecule has 3 unspecified atom stereocenters. The Morgan fingerprint density at radius 1 is 1.64 bits per heavy atom. The second-order valence-electron chi connectivity index (χ2n) is 3.57. The lowest BCUT2D eigenvalue weighted by atomic mass is 10.1. The third-order valence-electron chi connectivity index (χ3n) is 2.62. The molecular weight excluding hydrogens is 136 g/mol. The van der Waals surface area contributed by atoms with E-state index in [0.29, 0.717) is 18.0 Å². The summed E-state index contributed by atoms with van der Waals surface area (Å²) < 4.78 is 0. The smallest absolute Gasteiger partial charge is 0.0248 e. The zero-order valence-corrected chi connectivity index (χ0v) is 7.46. The predicted molar refractivity (Wildman–Crippen MR) is 48.4 cm³/mol. The third-order valence-corrected chi connectivity index (χ3v) is 2.62. The van der Waals surface area contributed by atoms with Crippen LogP contribution in [0.15, 0.2) is 12.7 Å². The van der Waals surface area contributed by atoms with Gasteiger partial charge in [0.2, 0.25) is 0 Å². The van der Waals surface area contributed by atoms with Crippen LogP contribution in [0.3, 0.4) is 0 Å². The molecule has 64 valence electrons. The van der Waals surface area contributed by atoms with Crippen LogP contribution in [0.1, 0.15) is 13.8 Å². The van der Waals surface area contributed by atoms with E-state index in [-0.39, 0.29) is 0 Å². The van der Waals surface area contributed by atoms with Crippen molar-refractivity contribution in [3.63, 3.8) is 0 Å². The van der Waals surface area contributed by atoms with Gasteiger partial charge in [0.25, 0.3) is 0 Å². The van der Waals surface area contributed by atoms with Crippen LogP contribution >= 0.6 is 0 Å².